The molecule has 0 spiro atoms. The Balaban J connectivity index is 2.11. The van der Waals surface area contributed by atoms with Crippen molar-refractivity contribution < 1.29 is 18.0 Å². The van der Waals surface area contributed by atoms with Gasteiger partial charge in [-0.05, 0) is 36.2 Å². The molecule has 32 heavy (non-hydrogen) atoms. The number of halogens is 2. The second-order valence-electron chi connectivity index (χ2n) is 7.32. The third kappa shape index (κ3) is 8.62. The average molecular weight is 502 g/mol. The highest BCUT2D eigenvalue weighted by Gasteiger charge is 2.24. The molecule has 174 valence electrons. The van der Waals surface area contributed by atoms with E-state index in [0.29, 0.717) is 21.4 Å². The zero-order valence-corrected chi connectivity index (χ0v) is 19.9. The van der Waals surface area contributed by atoms with Crippen molar-refractivity contribution in [2.24, 2.45) is 0 Å². The molecule has 0 aliphatic carbocycles. The number of nitrogens with zero attached hydrogens (tertiary/aromatic N) is 1. The fraction of sp³-hybridized carbons (Fsp3) is 0.350. The van der Waals surface area contributed by atoms with E-state index in [-0.39, 0.29) is 18.8 Å². The summed E-state index contributed by atoms with van der Waals surface area (Å²) in [4.78, 5) is 29.4. The van der Waals surface area contributed by atoms with Gasteiger partial charge in [-0.3, -0.25) is 14.9 Å². The number of aromatic nitrogens is 1. The summed E-state index contributed by atoms with van der Waals surface area (Å²) in [5.74, 6) is -0.963. The van der Waals surface area contributed by atoms with Crippen LogP contribution in [0.25, 0.3) is 0 Å². The van der Waals surface area contributed by atoms with Gasteiger partial charge in [0.25, 0.3) is 0 Å². The average Bonchev–Trinajstić information content (AvgIpc) is 2.72. The number of nitrogens with one attached hydrogen (secondary N) is 3. The zero-order chi connectivity index (χ0) is 23.9. The van der Waals surface area contributed by atoms with Gasteiger partial charge in [0.05, 0.1) is 22.0 Å². The molecule has 0 saturated heterocycles. The van der Waals surface area contributed by atoms with E-state index in [4.69, 9.17) is 28.9 Å². The Morgan fingerprint density at radius 2 is 1.78 bits per heavy atom. The summed E-state index contributed by atoms with van der Waals surface area (Å²) < 4.78 is 22.7. The van der Waals surface area contributed by atoms with Gasteiger partial charge < -0.3 is 16.4 Å². The molecule has 2 amide bonds. The van der Waals surface area contributed by atoms with Gasteiger partial charge in [-0.25, -0.2) is 13.4 Å². The molecule has 0 bridgehead atoms. The number of nitrogen functional groups attached to an aromatic ring is 1. The topological polar surface area (TPSA) is 143 Å². The van der Waals surface area contributed by atoms with Gasteiger partial charge in [0.1, 0.15) is 11.9 Å². The molecule has 12 heteroatoms. The number of pyridine rings is 1. The highest BCUT2D eigenvalue weighted by molar-refractivity contribution is 7.90. The number of hydrogen-bond donors (Lipinski definition) is 4. The molecule has 0 fully saturated rings. The minimum Gasteiger partial charge on any atom is -0.384 e. The van der Waals surface area contributed by atoms with Crippen molar-refractivity contribution in [3.8, 4) is 0 Å². The van der Waals surface area contributed by atoms with Crippen molar-refractivity contribution in [3.05, 3.63) is 57.7 Å². The van der Waals surface area contributed by atoms with Crippen molar-refractivity contribution in [1.29, 1.82) is 0 Å². The van der Waals surface area contributed by atoms with Crippen LogP contribution in [0.2, 0.25) is 10.0 Å². The van der Waals surface area contributed by atoms with Crippen molar-refractivity contribution in [2.75, 3.05) is 17.9 Å². The standard InChI is InChI=1S/C20H25Cl2N5O4S/c1-12(26-11-32(2,30)31)19(28)27-17(8-13-3-5-15(21)16(22)7-13)20(29)25-10-14-4-6-18(23)24-9-14/h3-7,9,12,17,26H,8,10-11H2,1-2H3,(H2,23,24)(H,25,29)(H,27,28)/t12-,17+/m0/s1. The van der Waals surface area contributed by atoms with Crippen LogP contribution in [0, 0.1) is 0 Å². The van der Waals surface area contributed by atoms with Crippen LogP contribution in [-0.4, -0.2) is 49.4 Å². The van der Waals surface area contributed by atoms with Gasteiger partial charge in [-0.1, -0.05) is 35.3 Å². The monoisotopic (exact) mass is 501 g/mol. The molecule has 5 N–H and O–H groups in total. The lowest BCUT2D eigenvalue weighted by Crippen LogP contribution is -2.53. The molecule has 1 aromatic heterocycles. The quantitative estimate of drug-likeness (QED) is 0.383. The third-order valence-corrected chi connectivity index (χ3v) is 5.85. The van der Waals surface area contributed by atoms with Gasteiger partial charge in [0, 0.05) is 25.4 Å². The normalized spacial score (nSPS) is 13.2. The SMILES string of the molecule is C[C@H](NCS(C)(=O)=O)C(=O)N[C@H](Cc1ccc(Cl)c(Cl)c1)C(=O)NCc1ccc(N)nc1. The van der Waals surface area contributed by atoms with Crippen molar-refractivity contribution in [1.82, 2.24) is 20.9 Å². The van der Waals surface area contributed by atoms with E-state index >= 15 is 0 Å². The summed E-state index contributed by atoms with van der Waals surface area (Å²) >= 11 is 12.0. The van der Waals surface area contributed by atoms with Crippen LogP contribution in [0.3, 0.4) is 0 Å². The Kier molecular flexibility index (Phi) is 9.26. The fourth-order valence-electron chi connectivity index (χ4n) is 2.63. The van der Waals surface area contributed by atoms with Gasteiger partial charge in [-0.2, -0.15) is 0 Å². The summed E-state index contributed by atoms with van der Waals surface area (Å²) in [6.07, 6.45) is 2.74. The number of anilines is 1. The van der Waals surface area contributed by atoms with E-state index in [2.05, 4.69) is 20.9 Å². The summed E-state index contributed by atoms with van der Waals surface area (Å²) in [5, 5.41) is 8.73. The minimum absolute atomic E-state index is 0.146. The second-order valence-corrected chi connectivity index (χ2v) is 10.3. The Labute approximate surface area is 197 Å². The van der Waals surface area contributed by atoms with Crippen molar-refractivity contribution >= 4 is 50.7 Å². The molecule has 2 atom stereocenters. The second kappa shape index (κ2) is 11.5. The van der Waals surface area contributed by atoms with Crippen molar-refractivity contribution in [2.45, 2.75) is 32.0 Å². The summed E-state index contributed by atoms with van der Waals surface area (Å²) in [5.41, 5.74) is 6.98. The van der Waals surface area contributed by atoms with Crippen LogP contribution in [0.5, 0.6) is 0 Å². The van der Waals surface area contributed by atoms with Crippen molar-refractivity contribution in [3.63, 3.8) is 0 Å². The third-order valence-electron chi connectivity index (χ3n) is 4.42. The predicted octanol–water partition coefficient (Wildman–Crippen LogP) is 1.29. The van der Waals surface area contributed by atoms with Crippen LogP contribution in [-0.2, 0) is 32.4 Å². The molecule has 2 aromatic rings. The summed E-state index contributed by atoms with van der Waals surface area (Å²) in [6.45, 7) is 1.69. The Morgan fingerprint density at radius 3 is 2.38 bits per heavy atom. The number of rotatable bonds is 10. The number of nitrogens with two attached hydrogens (primary N) is 1. The van der Waals surface area contributed by atoms with Crippen LogP contribution in [0.1, 0.15) is 18.1 Å². The van der Waals surface area contributed by atoms with Gasteiger partial charge in [0.15, 0.2) is 9.84 Å². The van der Waals surface area contributed by atoms with E-state index in [1.54, 1.807) is 36.5 Å². The lowest BCUT2D eigenvalue weighted by Gasteiger charge is -2.21. The molecule has 1 heterocycles. The number of carbonyl (C=O) groups is 2. The molecular formula is C20H25Cl2N5O4S. The fourth-order valence-corrected chi connectivity index (χ4v) is 3.50. The largest absolute Gasteiger partial charge is 0.384 e. The van der Waals surface area contributed by atoms with Gasteiger partial charge in [-0.15, -0.1) is 0 Å². The maximum Gasteiger partial charge on any atom is 0.243 e. The van der Waals surface area contributed by atoms with E-state index in [1.807, 2.05) is 0 Å². The van der Waals surface area contributed by atoms with Gasteiger partial charge in [0.2, 0.25) is 11.8 Å². The van der Waals surface area contributed by atoms with Gasteiger partial charge >= 0.3 is 0 Å². The number of sulfone groups is 1. The molecule has 9 nitrogen and oxygen atoms in total. The summed E-state index contributed by atoms with van der Waals surface area (Å²) in [6, 6.07) is 6.49. The number of benzene rings is 1. The molecule has 1 aromatic carbocycles. The van der Waals surface area contributed by atoms with Crippen LogP contribution >= 0.6 is 23.2 Å². The van der Waals surface area contributed by atoms with E-state index in [9.17, 15) is 18.0 Å². The first-order valence-electron chi connectivity index (χ1n) is 9.58. The number of carbonyl (C=O) groups excluding carboxylic acids is 2. The molecule has 2 rings (SSSR count). The lowest BCUT2D eigenvalue weighted by molar-refractivity contribution is -0.129. The molecule has 0 aliphatic heterocycles. The number of amides is 2. The maximum absolute atomic E-state index is 12.9. The first kappa shape index (κ1) is 25.9. The lowest BCUT2D eigenvalue weighted by atomic mass is 10.0. The Hall–Kier alpha value is -2.40. The maximum atomic E-state index is 12.9. The molecule has 0 radical (unpaired) electrons. The molecular weight excluding hydrogens is 477 g/mol. The Bertz CT molecular complexity index is 1060. The molecule has 0 unspecified atom stereocenters. The van der Waals surface area contributed by atoms with E-state index in [1.165, 1.54) is 6.92 Å². The molecule has 0 aliphatic rings. The van der Waals surface area contributed by atoms with Crippen LogP contribution in [0.4, 0.5) is 5.82 Å². The highest BCUT2D eigenvalue weighted by atomic mass is 35.5. The Morgan fingerprint density at radius 1 is 1.09 bits per heavy atom. The first-order valence-corrected chi connectivity index (χ1v) is 12.4. The minimum atomic E-state index is -3.31. The highest BCUT2D eigenvalue weighted by Crippen LogP contribution is 2.23. The van der Waals surface area contributed by atoms with E-state index < -0.39 is 33.7 Å². The van der Waals surface area contributed by atoms with Crippen LogP contribution in [0.15, 0.2) is 36.5 Å². The van der Waals surface area contributed by atoms with Crippen LogP contribution < -0.4 is 21.7 Å². The smallest absolute Gasteiger partial charge is 0.243 e. The molecule has 0 saturated carbocycles. The predicted molar refractivity (Wildman–Crippen MR) is 125 cm³/mol. The van der Waals surface area contributed by atoms with E-state index in [0.717, 1.165) is 11.8 Å². The first-order chi connectivity index (χ1) is 14.9. The summed E-state index contributed by atoms with van der Waals surface area (Å²) in [7, 11) is -3.31. The number of hydrogen-bond acceptors (Lipinski definition) is 7. The zero-order valence-electron chi connectivity index (χ0n) is 17.6.